The van der Waals surface area contributed by atoms with E-state index in [1.807, 2.05) is 0 Å². The fraction of sp³-hybridized carbons (Fsp3) is 0.600. The van der Waals surface area contributed by atoms with Gasteiger partial charge in [-0.25, -0.2) is 4.39 Å². The van der Waals surface area contributed by atoms with Crippen LogP contribution in [0.2, 0.25) is 0 Å². The number of benzene rings is 1. The van der Waals surface area contributed by atoms with Gasteiger partial charge >= 0.3 is 0 Å². The van der Waals surface area contributed by atoms with Crippen molar-refractivity contribution in [2.24, 2.45) is 5.92 Å². The number of halogens is 1. The van der Waals surface area contributed by atoms with Gasteiger partial charge in [-0.15, -0.1) is 11.8 Å². The van der Waals surface area contributed by atoms with Crippen molar-refractivity contribution in [3.8, 4) is 0 Å². The van der Waals surface area contributed by atoms with E-state index in [4.69, 9.17) is 0 Å². The molecule has 0 aromatic heterocycles. The second kappa shape index (κ2) is 10.1. The van der Waals surface area contributed by atoms with Crippen LogP contribution in [0.15, 0.2) is 24.3 Å². The number of thioether (sulfide) groups is 1. The van der Waals surface area contributed by atoms with E-state index >= 15 is 0 Å². The zero-order chi connectivity index (χ0) is 19.1. The van der Waals surface area contributed by atoms with Crippen molar-refractivity contribution in [3.63, 3.8) is 0 Å². The topological polar surface area (TPSA) is 70.2 Å². The van der Waals surface area contributed by atoms with Crippen molar-refractivity contribution in [1.82, 2.24) is 16.0 Å². The second-order valence-electron chi connectivity index (χ2n) is 7.46. The maximum absolute atomic E-state index is 13.0. The smallest absolute Gasteiger partial charge is 0.223 e. The molecule has 3 rings (SSSR count). The monoisotopic (exact) mass is 393 g/mol. The minimum Gasteiger partial charge on any atom is -0.356 e. The van der Waals surface area contributed by atoms with Crippen LogP contribution in [0.1, 0.15) is 50.5 Å². The lowest BCUT2D eigenvalue weighted by Crippen LogP contribution is -2.55. The largest absolute Gasteiger partial charge is 0.356 e. The van der Waals surface area contributed by atoms with Crippen molar-refractivity contribution in [3.05, 3.63) is 35.6 Å². The summed E-state index contributed by atoms with van der Waals surface area (Å²) < 4.78 is 13.0. The van der Waals surface area contributed by atoms with E-state index in [1.54, 1.807) is 12.1 Å². The standard InChI is InChI=1S/C20H28FN3O2S/c21-16-8-6-15(7-9-16)13-27-20-23-17(11-19(26)24-20)10-18(25)22-12-14-4-2-1-3-5-14/h6-9,14,17,20,23H,1-5,10-13H2,(H,22,25)(H,24,26). The first-order valence-electron chi connectivity index (χ1n) is 9.76. The maximum atomic E-state index is 13.0. The summed E-state index contributed by atoms with van der Waals surface area (Å²) in [4.78, 5) is 24.2. The number of carbonyl (C=O) groups excluding carboxylic acids is 2. The summed E-state index contributed by atoms with van der Waals surface area (Å²) in [6, 6.07) is 6.19. The lowest BCUT2D eigenvalue weighted by atomic mass is 9.89. The summed E-state index contributed by atoms with van der Waals surface area (Å²) in [6.45, 7) is 0.750. The Morgan fingerprint density at radius 2 is 1.93 bits per heavy atom. The van der Waals surface area contributed by atoms with E-state index in [-0.39, 0.29) is 29.2 Å². The molecule has 148 valence electrons. The van der Waals surface area contributed by atoms with Gasteiger partial charge in [-0.2, -0.15) is 0 Å². The third kappa shape index (κ3) is 6.81. The summed E-state index contributed by atoms with van der Waals surface area (Å²) in [6.07, 6.45) is 6.86. The van der Waals surface area contributed by atoms with Crippen molar-refractivity contribution in [2.45, 2.75) is 62.2 Å². The lowest BCUT2D eigenvalue weighted by molar-refractivity contribution is -0.125. The van der Waals surface area contributed by atoms with Gasteiger partial charge in [0.25, 0.3) is 0 Å². The Hall–Kier alpha value is -1.60. The van der Waals surface area contributed by atoms with E-state index in [0.717, 1.165) is 12.1 Å². The van der Waals surface area contributed by atoms with E-state index < -0.39 is 0 Å². The third-order valence-electron chi connectivity index (χ3n) is 5.19. The Balaban J connectivity index is 1.41. The Bertz CT molecular complexity index is 635. The van der Waals surface area contributed by atoms with Crippen molar-refractivity contribution in [1.29, 1.82) is 0 Å². The van der Waals surface area contributed by atoms with Gasteiger partial charge in [-0.1, -0.05) is 31.4 Å². The number of rotatable bonds is 7. The molecular formula is C20H28FN3O2S. The summed E-state index contributed by atoms with van der Waals surface area (Å²) in [7, 11) is 0. The third-order valence-corrected chi connectivity index (χ3v) is 6.27. The van der Waals surface area contributed by atoms with Gasteiger partial charge in [-0.3, -0.25) is 14.9 Å². The minimum absolute atomic E-state index is 0.00931. The highest BCUT2D eigenvalue weighted by Crippen LogP contribution is 2.23. The van der Waals surface area contributed by atoms with E-state index in [1.165, 1.54) is 56.0 Å². The molecule has 2 fully saturated rings. The van der Waals surface area contributed by atoms with Crippen LogP contribution < -0.4 is 16.0 Å². The molecular weight excluding hydrogens is 365 g/mol. The molecule has 7 heteroatoms. The van der Waals surface area contributed by atoms with Gasteiger partial charge in [0.05, 0.1) is 0 Å². The van der Waals surface area contributed by atoms with Gasteiger partial charge in [0, 0.05) is 31.2 Å². The number of hydrogen-bond acceptors (Lipinski definition) is 4. The van der Waals surface area contributed by atoms with Crippen LogP contribution in [0, 0.1) is 11.7 Å². The first-order valence-corrected chi connectivity index (χ1v) is 10.8. The van der Waals surface area contributed by atoms with Crippen molar-refractivity contribution in [2.75, 3.05) is 6.54 Å². The Labute approximate surface area is 164 Å². The molecule has 5 nitrogen and oxygen atoms in total. The quantitative estimate of drug-likeness (QED) is 0.666. The first kappa shape index (κ1) is 20.1. The molecule has 1 saturated carbocycles. The molecule has 0 spiro atoms. The molecule has 2 amide bonds. The van der Waals surface area contributed by atoms with Gasteiger partial charge in [0.1, 0.15) is 11.3 Å². The van der Waals surface area contributed by atoms with E-state index in [0.29, 0.717) is 24.5 Å². The van der Waals surface area contributed by atoms with Gasteiger partial charge in [-0.05, 0) is 36.5 Å². The molecule has 0 bridgehead atoms. The Kier molecular flexibility index (Phi) is 7.52. The van der Waals surface area contributed by atoms with Crippen LogP contribution in [-0.2, 0) is 15.3 Å². The first-order chi connectivity index (χ1) is 13.1. The molecule has 1 aliphatic carbocycles. The Morgan fingerprint density at radius 1 is 1.19 bits per heavy atom. The van der Waals surface area contributed by atoms with E-state index in [2.05, 4.69) is 16.0 Å². The highest BCUT2D eigenvalue weighted by molar-refractivity contribution is 7.99. The Morgan fingerprint density at radius 3 is 2.67 bits per heavy atom. The predicted molar refractivity (Wildman–Crippen MR) is 105 cm³/mol. The molecule has 1 saturated heterocycles. The average Bonchev–Trinajstić information content (AvgIpc) is 2.66. The van der Waals surface area contributed by atoms with Crippen LogP contribution in [0.25, 0.3) is 0 Å². The number of carbonyl (C=O) groups is 2. The predicted octanol–water partition coefficient (Wildman–Crippen LogP) is 2.91. The molecule has 1 aliphatic heterocycles. The number of nitrogens with one attached hydrogen (secondary N) is 3. The van der Waals surface area contributed by atoms with E-state index in [9.17, 15) is 14.0 Å². The summed E-state index contributed by atoms with van der Waals surface area (Å²) in [5, 5.41) is 9.26. The summed E-state index contributed by atoms with van der Waals surface area (Å²) in [5.41, 5.74) is 0.747. The van der Waals surface area contributed by atoms with Crippen LogP contribution in [-0.4, -0.2) is 29.9 Å². The lowest BCUT2D eigenvalue weighted by Gasteiger charge is -2.31. The van der Waals surface area contributed by atoms with Crippen molar-refractivity contribution >= 4 is 23.6 Å². The highest BCUT2D eigenvalue weighted by atomic mass is 32.2. The van der Waals surface area contributed by atoms with Crippen molar-refractivity contribution < 1.29 is 14.0 Å². The number of hydrogen-bond donors (Lipinski definition) is 3. The molecule has 3 N–H and O–H groups in total. The molecule has 2 atom stereocenters. The molecule has 1 aromatic rings. The summed E-state index contributed by atoms with van der Waals surface area (Å²) >= 11 is 1.53. The normalized spacial score (nSPS) is 23.7. The van der Waals surface area contributed by atoms with Crippen LogP contribution in [0.5, 0.6) is 0 Å². The van der Waals surface area contributed by atoms with Crippen LogP contribution in [0.4, 0.5) is 4.39 Å². The van der Waals surface area contributed by atoms with Crippen LogP contribution >= 0.6 is 11.8 Å². The molecule has 2 aliphatic rings. The van der Waals surface area contributed by atoms with Crippen LogP contribution in [0.3, 0.4) is 0 Å². The average molecular weight is 394 g/mol. The molecule has 1 aromatic carbocycles. The molecule has 1 heterocycles. The SMILES string of the molecule is O=C(CC1CC(=O)NC(SCc2ccc(F)cc2)N1)NCC1CCCCC1. The zero-order valence-electron chi connectivity index (χ0n) is 15.5. The second-order valence-corrected chi connectivity index (χ2v) is 8.56. The zero-order valence-corrected chi connectivity index (χ0v) is 16.3. The molecule has 0 radical (unpaired) electrons. The fourth-order valence-electron chi connectivity index (χ4n) is 3.67. The van der Waals surface area contributed by atoms with Gasteiger partial charge in [0.2, 0.25) is 11.8 Å². The molecule has 27 heavy (non-hydrogen) atoms. The minimum atomic E-state index is -0.257. The van der Waals surface area contributed by atoms with Gasteiger partial charge in [0.15, 0.2) is 0 Å². The highest BCUT2D eigenvalue weighted by Gasteiger charge is 2.27. The fourth-order valence-corrected chi connectivity index (χ4v) is 4.73. The number of amides is 2. The van der Waals surface area contributed by atoms with Gasteiger partial charge < -0.3 is 10.6 Å². The maximum Gasteiger partial charge on any atom is 0.223 e. The molecule has 2 unspecified atom stereocenters. The summed E-state index contributed by atoms with van der Waals surface area (Å²) in [5.74, 6) is 0.959.